The van der Waals surface area contributed by atoms with Crippen molar-refractivity contribution in [2.24, 2.45) is 11.0 Å². The summed E-state index contributed by atoms with van der Waals surface area (Å²) >= 11 is 1.87. The number of phenolic OH excluding ortho intramolecular Hbond substituents is 1. The maximum absolute atomic E-state index is 9.79. The molecule has 0 amide bonds. The van der Waals surface area contributed by atoms with Crippen LogP contribution in [0.1, 0.15) is 18.5 Å². The number of fused-ring (bicyclic) bond motifs is 1. The molecule has 0 atom stereocenters. The van der Waals surface area contributed by atoms with Gasteiger partial charge in [-0.2, -0.15) is 5.10 Å². The average molecular weight is 358 g/mol. The second-order valence-electron chi connectivity index (χ2n) is 6.45. The number of methoxy groups -OCH3 is 1. The molecule has 3 heterocycles. The smallest absolute Gasteiger partial charge is 0.161 e. The molecule has 132 valence electrons. The number of ether oxygens (including phenoxy) is 2. The summed E-state index contributed by atoms with van der Waals surface area (Å²) in [6.45, 7) is 1.79. The summed E-state index contributed by atoms with van der Waals surface area (Å²) in [5.74, 6) is 2.48. The largest absolute Gasteiger partial charge is 0.504 e. The summed E-state index contributed by atoms with van der Waals surface area (Å²) in [4.78, 5) is 0. The minimum absolute atomic E-state index is 0.149. The highest BCUT2D eigenvalue weighted by Gasteiger charge is 2.21. The summed E-state index contributed by atoms with van der Waals surface area (Å²) in [6, 6.07) is 9.60. The standard InChI is InChI=1S/C19H22N2O3S/c1-23-18-10-14(2-5-17(18)22)16-4-3-15-11-19(20-21(15)16)25-12-13-6-8-24-9-7-13/h2-5,10,13,22H,6-9,11-12H2,1H3. The Bertz CT molecular complexity index is 794. The fraction of sp³-hybridized carbons (Fsp3) is 0.421. The Morgan fingerprint density at radius 1 is 1.28 bits per heavy atom. The van der Waals surface area contributed by atoms with Gasteiger partial charge in [-0.05, 0) is 49.1 Å². The number of phenols is 1. The lowest BCUT2D eigenvalue weighted by atomic mass is 10.0. The van der Waals surface area contributed by atoms with Gasteiger partial charge in [0, 0.05) is 36.6 Å². The summed E-state index contributed by atoms with van der Waals surface area (Å²) in [6.07, 6.45) is 3.21. The molecule has 0 saturated carbocycles. The Labute approximate surface area is 151 Å². The van der Waals surface area contributed by atoms with Gasteiger partial charge in [-0.3, -0.25) is 0 Å². The molecule has 0 radical (unpaired) electrons. The highest BCUT2D eigenvalue weighted by atomic mass is 32.2. The minimum atomic E-state index is 0.149. The second-order valence-corrected chi connectivity index (χ2v) is 7.54. The molecular formula is C19H22N2O3S. The molecule has 5 nitrogen and oxygen atoms in total. The predicted octanol–water partition coefficient (Wildman–Crippen LogP) is 3.75. The van der Waals surface area contributed by atoms with Gasteiger partial charge in [-0.15, -0.1) is 11.8 Å². The molecule has 1 fully saturated rings. The lowest BCUT2D eigenvalue weighted by molar-refractivity contribution is 0.0728. The fourth-order valence-corrected chi connectivity index (χ4v) is 4.44. The van der Waals surface area contributed by atoms with Gasteiger partial charge in [0.2, 0.25) is 0 Å². The van der Waals surface area contributed by atoms with Crippen LogP contribution in [-0.4, -0.2) is 40.9 Å². The number of benzene rings is 1. The van der Waals surface area contributed by atoms with Crippen LogP contribution in [0.5, 0.6) is 11.5 Å². The number of hydrogen-bond donors (Lipinski definition) is 1. The summed E-state index contributed by atoms with van der Waals surface area (Å²) in [5.41, 5.74) is 3.21. The van der Waals surface area contributed by atoms with E-state index in [2.05, 4.69) is 12.1 Å². The van der Waals surface area contributed by atoms with Gasteiger partial charge in [0.15, 0.2) is 11.5 Å². The first-order chi connectivity index (χ1) is 12.2. The van der Waals surface area contributed by atoms with E-state index in [9.17, 15) is 5.11 Å². The Kier molecular flexibility index (Phi) is 4.72. The minimum Gasteiger partial charge on any atom is -0.504 e. The van der Waals surface area contributed by atoms with Crippen LogP contribution in [0.4, 0.5) is 0 Å². The van der Waals surface area contributed by atoms with Crippen molar-refractivity contribution in [2.75, 3.05) is 26.1 Å². The van der Waals surface area contributed by atoms with Crippen LogP contribution in [-0.2, 0) is 11.2 Å². The van der Waals surface area contributed by atoms with Crippen LogP contribution in [0.25, 0.3) is 11.3 Å². The molecule has 4 rings (SSSR count). The third-order valence-electron chi connectivity index (χ3n) is 4.78. The van der Waals surface area contributed by atoms with Gasteiger partial charge in [0.25, 0.3) is 0 Å². The number of hydrogen-bond acceptors (Lipinski definition) is 5. The first-order valence-corrected chi connectivity index (χ1v) is 9.59. The Hall–Kier alpha value is -1.92. The van der Waals surface area contributed by atoms with Crippen molar-refractivity contribution < 1.29 is 14.6 Å². The van der Waals surface area contributed by atoms with Gasteiger partial charge in [-0.25, -0.2) is 4.68 Å². The fourth-order valence-electron chi connectivity index (χ4n) is 3.29. The summed E-state index contributed by atoms with van der Waals surface area (Å²) in [7, 11) is 1.56. The van der Waals surface area contributed by atoms with Crippen molar-refractivity contribution in [1.29, 1.82) is 0 Å². The Balaban J connectivity index is 1.50. The normalized spacial score (nSPS) is 17.4. The van der Waals surface area contributed by atoms with E-state index < -0.39 is 0 Å². The van der Waals surface area contributed by atoms with Crippen LogP contribution in [0.15, 0.2) is 35.4 Å². The molecule has 0 spiro atoms. The molecule has 0 unspecified atom stereocenters. The molecule has 1 N–H and O–H groups in total. The molecule has 0 aliphatic carbocycles. The topological polar surface area (TPSA) is 56.0 Å². The SMILES string of the molecule is COc1cc(-c2ccc3n2N=C(SCC2CCOCC2)C3)ccc1O. The molecule has 25 heavy (non-hydrogen) atoms. The molecule has 1 aromatic heterocycles. The van der Waals surface area contributed by atoms with Crippen molar-refractivity contribution in [3.05, 3.63) is 36.0 Å². The average Bonchev–Trinajstić information content (AvgIpc) is 3.22. The number of thioether (sulfide) groups is 1. The van der Waals surface area contributed by atoms with E-state index in [-0.39, 0.29) is 5.75 Å². The van der Waals surface area contributed by atoms with Crippen LogP contribution < -0.4 is 4.74 Å². The molecular weight excluding hydrogens is 336 g/mol. The Morgan fingerprint density at radius 2 is 2.12 bits per heavy atom. The van der Waals surface area contributed by atoms with Crippen molar-refractivity contribution in [1.82, 2.24) is 4.68 Å². The van der Waals surface area contributed by atoms with E-state index in [0.717, 1.165) is 55.4 Å². The molecule has 1 saturated heterocycles. The van der Waals surface area contributed by atoms with Gasteiger partial charge < -0.3 is 14.6 Å². The Morgan fingerprint density at radius 3 is 2.92 bits per heavy atom. The predicted molar refractivity (Wildman–Crippen MR) is 101 cm³/mol. The molecule has 6 heteroatoms. The van der Waals surface area contributed by atoms with Crippen molar-refractivity contribution in [3.63, 3.8) is 0 Å². The van der Waals surface area contributed by atoms with Gasteiger partial charge in [0.05, 0.1) is 12.8 Å². The van der Waals surface area contributed by atoms with Crippen LogP contribution in [0, 0.1) is 5.92 Å². The van der Waals surface area contributed by atoms with Crippen LogP contribution in [0.2, 0.25) is 0 Å². The van der Waals surface area contributed by atoms with E-state index >= 15 is 0 Å². The molecule has 2 aliphatic rings. The van der Waals surface area contributed by atoms with E-state index in [1.807, 2.05) is 28.6 Å². The maximum atomic E-state index is 9.79. The lowest BCUT2D eigenvalue weighted by Crippen LogP contribution is -2.18. The zero-order valence-electron chi connectivity index (χ0n) is 14.3. The number of rotatable bonds is 4. The quantitative estimate of drug-likeness (QED) is 0.904. The third kappa shape index (κ3) is 3.41. The van der Waals surface area contributed by atoms with Crippen molar-refractivity contribution in [3.8, 4) is 22.8 Å². The maximum Gasteiger partial charge on any atom is 0.161 e. The second kappa shape index (κ2) is 7.14. The zero-order valence-corrected chi connectivity index (χ0v) is 15.1. The highest BCUT2D eigenvalue weighted by molar-refractivity contribution is 8.13. The zero-order chi connectivity index (χ0) is 17.2. The van der Waals surface area contributed by atoms with Crippen molar-refractivity contribution >= 4 is 16.8 Å². The molecule has 2 aliphatic heterocycles. The lowest BCUT2D eigenvalue weighted by Gasteiger charge is -2.21. The molecule has 0 bridgehead atoms. The van der Waals surface area contributed by atoms with Gasteiger partial charge in [-0.1, -0.05) is 0 Å². The molecule has 2 aromatic rings. The first kappa shape index (κ1) is 16.5. The molecule has 1 aromatic carbocycles. The number of aromatic hydroxyl groups is 1. The highest BCUT2D eigenvalue weighted by Crippen LogP contribution is 2.34. The third-order valence-corrected chi connectivity index (χ3v) is 5.98. The van der Waals surface area contributed by atoms with E-state index in [0.29, 0.717) is 5.75 Å². The first-order valence-electron chi connectivity index (χ1n) is 8.61. The number of nitrogens with zero attached hydrogens (tertiary/aromatic N) is 2. The van der Waals surface area contributed by atoms with E-state index in [1.165, 1.54) is 10.7 Å². The van der Waals surface area contributed by atoms with E-state index in [1.54, 1.807) is 13.2 Å². The van der Waals surface area contributed by atoms with Crippen molar-refractivity contribution in [2.45, 2.75) is 19.3 Å². The van der Waals surface area contributed by atoms with Gasteiger partial charge >= 0.3 is 0 Å². The summed E-state index contributed by atoms with van der Waals surface area (Å²) in [5, 5.41) is 15.8. The van der Waals surface area contributed by atoms with Crippen LogP contribution >= 0.6 is 11.8 Å². The summed E-state index contributed by atoms with van der Waals surface area (Å²) < 4.78 is 12.7. The van der Waals surface area contributed by atoms with Gasteiger partial charge in [0.1, 0.15) is 5.04 Å². The van der Waals surface area contributed by atoms with E-state index in [4.69, 9.17) is 14.6 Å². The number of aromatic nitrogens is 1. The van der Waals surface area contributed by atoms with Crippen LogP contribution in [0.3, 0.4) is 0 Å². The monoisotopic (exact) mass is 358 g/mol.